The second-order valence-electron chi connectivity index (χ2n) is 6.35. The topological polar surface area (TPSA) is 88.4 Å². The first-order valence-corrected chi connectivity index (χ1v) is 9.27. The van der Waals surface area contributed by atoms with Crippen LogP contribution in [0.5, 0.6) is 0 Å². The lowest BCUT2D eigenvalue weighted by Gasteiger charge is -2.17. The molecule has 25 heavy (non-hydrogen) atoms. The van der Waals surface area contributed by atoms with Crippen LogP contribution in [0.25, 0.3) is 0 Å². The molecule has 0 unspecified atom stereocenters. The highest BCUT2D eigenvalue weighted by atomic mass is 32.1. The van der Waals surface area contributed by atoms with Gasteiger partial charge in [-0.1, -0.05) is 0 Å². The van der Waals surface area contributed by atoms with Crippen molar-refractivity contribution in [2.75, 3.05) is 23.3 Å². The van der Waals surface area contributed by atoms with E-state index in [2.05, 4.69) is 10.3 Å². The van der Waals surface area contributed by atoms with Gasteiger partial charge in [-0.3, -0.25) is 20.2 Å². The number of thiazole rings is 1. The van der Waals surface area contributed by atoms with Crippen LogP contribution in [-0.2, 0) is 12.8 Å². The molecule has 8 heteroatoms. The number of benzene rings is 1. The maximum atomic E-state index is 12.5. The minimum absolute atomic E-state index is 0.0174. The number of aromatic nitrogens is 1. The van der Waals surface area contributed by atoms with Gasteiger partial charge >= 0.3 is 0 Å². The smallest absolute Gasteiger partial charge is 0.293 e. The van der Waals surface area contributed by atoms with Crippen molar-refractivity contribution >= 4 is 33.8 Å². The van der Waals surface area contributed by atoms with E-state index in [4.69, 9.17) is 0 Å². The Bertz CT molecular complexity index is 821. The molecule has 2 aliphatic rings. The standard InChI is InChI=1S/C17H18N4O3S/c22-16(19-17-18-12-4-3-5-15(12)25-17)11-6-7-13(14(10-11)21(23)24)20-8-1-2-9-20/h6-7,10H,1-5,8-9H2,(H,18,19,22). The Kier molecular flexibility index (Phi) is 4.12. The first-order chi connectivity index (χ1) is 12.1. The molecular weight excluding hydrogens is 340 g/mol. The van der Waals surface area contributed by atoms with Gasteiger partial charge in [-0.15, -0.1) is 11.3 Å². The third kappa shape index (κ3) is 3.09. The predicted octanol–water partition coefficient (Wildman–Crippen LogP) is 3.39. The molecule has 1 amide bonds. The first kappa shape index (κ1) is 16.0. The third-order valence-electron chi connectivity index (χ3n) is 4.70. The number of hydrogen-bond donors (Lipinski definition) is 1. The highest BCUT2D eigenvalue weighted by molar-refractivity contribution is 7.16. The molecule has 1 aliphatic heterocycles. The summed E-state index contributed by atoms with van der Waals surface area (Å²) in [6, 6.07) is 4.70. The van der Waals surface area contributed by atoms with Crippen LogP contribution in [0.4, 0.5) is 16.5 Å². The van der Waals surface area contributed by atoms with Crippen LogP contribution in [0.3, 0.4) is 0 Å². The van der Waals surface area contributed by atoms with Crippen LogP contribution in [0.2, 0.25) is 0 Å². The molecule has 1 fully saturated rings. The van der Waals surface area contributed by atoms with Crippen molar-refractivity contribution in [1.82, 2.24) is 4.98 Å². The van der Waals surface area contributed by atoms with Crippen molar-refractivity contribution < 1.29 is 9.72 Å². The molecule has 1 aromatic heterocycles. The summed E-state index contributed by atoms with van der Waals surface area (Å²) in [5, 5.41) is 14.8. The van der Waals surface area contributed by atoms with Crippen molar-refractivity contribution in [2.24, 2.45) is 0 Å². The van der Waals surface area contributed by atoms with E-state index in [0.29, 0.717) is 10.8 Å². The molecule has 7 nitrogen and oxygen atoms in total. The summed E-state index contributed by atoms with van der Waals surface area (Å²) in [6.07, 6.45) is 5.16. The van der Waals surface area contributed by atoms with Gasteiger partial charge in [0.1, 0.15) is 5.69 Å². The number of hydrogen-bond acceptors (Lipinski definition) is 6. The summed E-state index contributed by atoms with van der Waals surface area (Å²) in [5.74, 6) is -0.358. The number of nitrogens with zero attached hydrogens (tertiary/aromatic N) is 3. The summed E-state index contributed by atoms with van der Waals surface area (Å²) in [7, 11) is 0. The van der Waals surface area contributed by atoms with Crippen LogP contribution in [0.15, 0.2) is 18.2 Å². The normalized spacial score (nSPS) is 16.1. The van der Waals surface area contributed by atoms with E-state index >= 15 is 0 Å². The number of nitro groups is 1. The highest BCUT2D eigenvalue weighted by Crippen LogP contribution is 2.33. The number of carbonyl (C=O) groups is 1. The fraction of sp³-hybridized carbons (Fsp3) is 0.412. The second kappa shape index (κ2) is 6.44. The van der Waals surface area contributed by atoms with Crippen LogP contribution >= 0.6 is 11.3 Å². The van der Waals surface area contributed by atoms with Crippen LogP contribution in [-0.4, -0.2) is 28.9 Å². The number of amides is 1. The zero-order valence-electron chi connectivity index (χ0n) is 13.7. The molecule has 1 saturated heterocycles. The maximum Gasteiger partial charge on any atom is 0.293 e. The van der Waals surface area contributed by atoms with E-state index in [1.165, 1.54) is 22.3 Å². The van der Waals surface area contributed by atoms with Crippen LogP contribution in [0.1, 0.15) is 40.2 Å². The van der Waals surface area contributed by atoms with Crippen molar-refractivity contribution in [2.45, 2.75) is 32.1 Å². The third-order valence-corrected chi connectivity index (χ3v) is 5.77. The summed E-state index contributed by atoms with van der Waals surface area (Å²) in [6.45, 7) is 1.63. The van der Waals surface area contributed by atoms with E-state index in [1.54, 1.807) is 12.1 Å². The molecule has 2 heterocycles. The van der Waals surface area contributed by atoms with Gasteiger partial charge in [-0.2, -0.15) is 0 Å². The molecule has 2 aromatic rings. The van der Waals surface area contributed by atoms with Crippen LogP contribution in [0, 0.1) is 10.1 Å². The molecule has 4 rings (SSSR count). The van der Waals surface area contributed by atoms with Gasteiger partial charge in [0.25, 0.3) is 11.6 Å². The van der Waals surface area contributed by atoms with Gasteiger partial charge in [0.15, 0.2) is 5.13 Å². The zero-order chi connectivity index (χ0) is 17.4. The second-order valence-corrected chi connectivity index (χ2v) is 7.43. The Morgan fingerprint density at radius 2 is 2.04 bits per heavy atom. The fourth-order valence-electron chi connectivity index (χ4n) is 3.45. The van der Waals surface area contributed by atoms with Crippen molar-refractivity contribution in [3.05, 3.63) is 44.4 Å². The van der Waals surface area contributed by atoms with Gasteiger partial charge in [-0.05, 0) is 44.2 Å². The quantitative estimate of drug-likeness (QED) is 0.668. The lowest BCUT2D eigenvalue weighted by atomic mass is 10.1. The van der Waals surface area contributed by atoms with E-state index in [-0.39, 0.29) is 17.2 Å². The number of nitro benzene ring substituents is 1. The Morgan fingerprint density at radius 3 is 2.76 bits per heavy atom. The Balaban J connectivity index is 1.57. The van der Waals surface area contributed by atoms with Gasteiger partial charge in [0.2, 0.25) is 0 Å². The molecule has 0 bridgehead atoms. The minimum atomic E-state index is -0.414. The maximum absolute atomic E-state index is 12.5. The summed E-state index contributed by atoms with van der Waals surface area (Å²) < 4.78 is 0. The number of rotatable bonds is 4. The lowest BCUT2D eigenvalue weighted by molar-refractivity contribution is -0.384. The number of fused-ring (bicyclic) bond motifs is 1. The highest BCUT2D eigenvalue weighted by Gasteiger charge is 2.24. The van der Waals surface area contributed by atoms with Crippen molar-refractivity contribution in [3.63, 3.8) is 0 Å². The first-order valence-electron chi connectivity index (χ1n) is 8.45. The van der Waals surface area contributed by atoms with Gasteiger partial charge < -0.3 is 4.90 Å². The fourth-order valence-corrected chi connectivity index (χ4v) is 4.49. The molecule has 0 atom stereocenters. The van der Waals surface area contributed by atoms with E-state index in [1.807, 2.05) is 4.90 Å². The van der Waals surface area contributed by atoms with Crippen molar-refractivity contribution in [3.8, 4) is 0 Å². The molecule has 0 spiro atoms. The van der Waals surface area contributed by atoms with E-state index < -0.39 is 4.92 Å². The summed E-state index contributed by atoms with van der Waals surface area (Å²) in [5.41, 5.74) is 1.92. The van der Waals surface area contributed by atoms with Gasteiger partial charge in [0.05, 0.1) is 10.6 Å². The zero-order valence-corrected chi connectivity index (χ0v) is 14.5. The molecule has 1 aromatic carbocycles. The summed E-state index contributed by atoms with van der Waals surface area (Å²) in [4.78, 5) is 31.2. The predicted molar refractivity (Wildman–Crippen MR) is 96.6 cm³/mol. The monoisotopic (exact) mass is 358 g/mol. The molecule has 1 N–H and O–H groups in total. The molecule has 130 valence electrons. The SMILES string of the molecule is O=C(Nc1nc2c(s1)CCC2)c1ccc(N2CCCC2)c([N+](=O)[O-])c1. The average molecular weight is 358 g/mol. The number of carbonyl (C=O) groups excluding carboxylic acids is 1. The molecular formula is C17H18N4O3S. The largest absolute Gasteiger partial charge is 0.366 e. The van der Waals surface area contributed by atoms with Gasteiger partial charge in [0, 0.05) is 29.6 Å². The molecule has 0 saturated carbocycles. The van der Waals surface area contributed by atoms with Crippen molar-refractivity contribution in [1.29, 1.82) is 0 Å². The Hall–Kier alpha value is -2.48. The Labute approximate surface area is 148 Å². The molecule has 1 aliphatic carbocycles. The van der Waals surface area contributed by atoms with E-state index in [9.17, 15) is 14.9 Å². The molecule has 0 radical (unpaired) electrons. The number of nitrogens with one attached hydrogen (secondary N) is 1. The number of anilines is 2. The summed E-state index contributed by atoms with van der Waals surface area (Å²) >= 11 is 1.49. The van der Waals surface area contributed by atoms with Crippen LogP contribution < -0.4 is 10.2 Å². The minimum Gasteiger partial charge on any atom is -0.366 e. The Morgan fingerprint density at radius 1 is 1.24 bits per heavy atom. The van der Waals surface area contributed by atoms with Gasteiger partial charge in [-0.25, -0.2) is 4.98 Å². The van der Waals surface area contributed by atoms with E-state index in [0.717, 1.165) is 50.9 Å². The average Bonchev–Trinajstić information content (AvgIpc) is 3.31. The lowest BCUT2D eigenvalue weighted by Crippen LogP contribution is -2.19. The number of aryl methyl sites for hydroxylation is 2.